The lowest BCUT2D eigenvalue weighted by Crippen LogP contribution is -2.11. The summed E-state index contributed by atoms with van der Waals surface area (Å²) in [6.07, 6.45) is 1.48. The van der Waals surface area contributed by atoms with Gasteiger partial charge < -0.3 is 10.1 Å². The summed E-state index contributed by atoms with van der Waals surface area (Å²) in [5, 5.41) is 3.19. The van der Waals surface area contributed by atoms with Gasteiger partial charge in [-0.3, -0.25) is 0 Å². The number of nitrogens with one attached hydrogen (secondary N) is 1. The van der Waals surface area contributed by atoms with Crippen LogP contribution in [0.25, 0.3) is 0 Å². The molecule has 98 valence electrons. The number of hydrogen-bond acceptors (Lipinski definition) is 3. The first-order chi connectivity index (χ1) is 8.02. The van der Waals surface area contributed by atoms with Crippen LogP contribution < -0.4 is 5.32 Å². The molecular formula is C14H25NOS. The molecule has 0 amide bonds. The molecule has 0 saturated carbocycles. The highest BCUT2D eigenvalue weighted by Crippen LogP contribution is 2.23. The molecule has 1 heterocycles. The first-order valence-electron chi connectivity index (χ1n) is 6.37. The molecular weight excluding hydrogens is 230 g/mol. The molecule has 1 unspecified atom stereocenters. The topological polar surface area (TPSA) is 21.3 Å². The Morgan fingerprint density at radius 2 is 2.06 bits per heavy atom. The first kappa shape index (κ1) is 14.7. The Balaban J connectivity index is 2.45. The van der Waals surface area contributed by atoms with Crippen LogP contribution in [0.2, 0.25) is 0 Å². The van der Waals surface area contributed by atoms with Gasteiger partial charge in [0, 0.05) is 16.3 Å². The van der Waals surface area contributed by atoms with E-state index in [2.05, 4.69) is 39.1 Å². The number of hydrogen-bond donors (Lipinski definition) is 1. The maximum absolute atomic E-state index is 5.90. The molecule has 1 N–H and O–H groups in total. The Morgan fingerprint density at radius 1 is 1.35 bits per heavy atom. The Hall–Kier alpha value is -0.380. The maximum atomic E-state index is 5.90. The number of aryl methyl sites for hydroxylation is 1. The van der Waals surface area contributed by atoms with E-state index in [1.54, 1.807) is 0 Å². The summed E-state index contributed by atoms with van der Waals surface area (Å²) >= 11 is 1.86. The van der Waals surface area contributed by atoms with Crippen molar-refractivity contribution in [2.45, 2.75) is 53.4 Å². The van der Waals surface area contributed by atoms with Crippen LogP contribution in [0.4, 0.5) is 0 Å². The lowest BCUT2D eigenvalue weighted by Gasteiger charge is -2.14. The first-order valence-corrected chi connectivity index (χ1v) is 7.19. The Labute approximate surface area is 109 Å². The standard InChI is InChI=1S/C14H25NOS/c1-10(2)6-11(3)16-9-13-7-14(8-15-5)17-12(13)4/h7,10-11,15H,6,8-9H2,1-5H3. The normalized spacial score (nSPS) is 13.3. The summed E-state index contributed by atoms with van der Waals surface area (Å²) in [7, 11) is 1.98. The van der Waals surface area contributed by atoms with Gasteiger partial charge >= 0.3 is 0 Å². The lowest BCUT2D eigenvalue weighted by atomic mass is 10.1. The van der Waals surface area contributed by atoms with Crippen molar-refractivity contribution in [2.24, 2.45) is 5.92 Å². The van der Waals surface area contributed by atoms with Crippen LogP contribution in [0.3, 0.4) is 0 Å². The molecule has 0 aliphatic heterocycles. The fourth-order valence-corrected chi connectivity index (χ4v) is 3.02. The molecule has 0 fully saturated rings. The van der Waals surface area contributed by atoms with Crippen molar-refractivity contribution in [3.8, 4) is 0 Å². The zero-order chi connectivity index (χ0) is 12.8. The second-order valence-electron chi connectivity index (χ2n) is 5.08. The third kappa shape index (κ3) is 5.19. The highest BCUT2D eigenvalue weighted by molar-refractivity contribution is 7.12. The largest absolute Gasteiger partial charge is 0.374 e. The van der Waals surface area contributed by atoms with Crippen molar-refractivity contribution in [2.75, 3.05) is 7.05 Å². The van der Waals surface area contributed by atoms with Gasteiger partial charge in [0.05, 0.1) is 12.7 Å². The third-order valence-electron chi connectivity index (χ3n) is 2.75. The monoisotopic (exact) mass is 255 g/mol. The van der Waals surface area contributed by atoms with Crippen molar-refractivity contribution < 1.29 is 4.74 Å². The van der Waals surface area contributed by atoms with E-state index in [9.17, 15) is 0 Å². The Bertz CT molecular complexity index is 333. The highest BCUT2D eigenvalue weighted by atomic mass is 32.1. The molecule has 0 aliphatic carbocycles. The minimum atomic E-state index is 0.349. The summed E-state index contributed by atoms with van der Waals surface area (Å²) in [6, 6.07) is 2.26. The van der Waals surface area contributed by atoms with Gasteiger partial charge in [0.1, 0.15) is 0 Å². The van der Waals surface area contributed by atoms with Crippen LogP contribution in [0.15, 0.2) is 6.07 Å². The smallest absolute Gasteiger partial charge is 0.0731 e. The maximum Gasteiger partial charge on any atom is 0.0731 e. The van der Waals surface area contributed by atoms with E-state index >= 15 is 0 Å². The second-order valence-corrected chi connectivity index (χ2v) is 6.42. The minimum Gasteiger partial charge on any atom is -0.374 e. The van der Waals surface area contributed by atoms with Gasteiger partial charge in [0.25, 0.3) is 0 Å². The van der Waals surface area contributed by atoms with Gasteiger partial charge in [-0.2, -0.15) is 0 Å². The van der Waals surface area contributed by atoms with Crippen LogP contribution in [0.5, 0.6) is 0 Å². The zero-order valence-electron chi connectivity index (χ0n) is 11.7. The Kier molecular flexibility index (Phi) is 6.17. The number of thiophene rings is 1. The summed E-state index contributed by atoms with van der Waals surface area (Å²) in [5.41, 5.74) is 1.34. The quantitative estimate of drug-likeness (QED) is 0.801. The third-order valence-corrected chi connectivity index (χ3v) is 3.84. The SMILES string of the molecule is CNCc1cc(COC(C)CC(C)C)c(C)s1. The predicted molar refractivity (Wildman–Crippen MR) is 75.5 cm³/mol. The molecule has 0 bridgehead atoms. The molecule has 17 heavy (non-hydrogen) atoms. The van der Waals surface area contributed by atoms with Gasteiger partial charge in [-0.25, -0.2) is 0 Å². The molecule has 1 rings (SSSR count). The molecule has 1 aromatic rings. The van der Waals surface area contributed by atoms with Crippen LogP contribution in [0, 0.1) is 12.8 Å². The van der Waals surface area contributed by atoms with Gasteiger partial charge in [-0.1, -0.05) is 13.8 Å². The average Bonchev–Trinajstić information content (AvgIpc) is 2.56. The van der Waals surface area contributed by atoms with E-state index in [1.807, 2.05) is 18.4 Å². The van der Waals surface area contributed by atoms with Crippen molar-refractivity contribution in [3.05, 3.63) is 21.4 Å². The van der Waals surface area contributed by atoms with Crippen LogP contribution in [0.1, 0.15) is 42.5 Å². The van der Waals surface area contributed by atoms with Gasteiger partial charge in [0.2, 0.25) is 0 Å². The molecule has 0 aliphatic rings. The molecule has 0 saturated heterocycles. The highest BCUT2D eigenvalue weighted by Gasteiger charge is 2.09. The molecule has 0 aromatic carbocycles. The van der Waals surface area contributed by atoms with E-state index < -0.39 is 0 Å². The van der Waals surface area contributed by atoms with Crippen molar-refractivity contribution in [1.82, 2.24) is 5.32 Å². The number of rotatable bonds is 7. The minimum absolute atomic E-state index is 0.349. The lowest BCUT2D eigenvalue weighted by molar-refractivity contribution is 0.0396. The van der Waals surface area contributed by atoms with Crippen LogP contribution in [-0.4, -0.2) is 13.2 Å². The van der Waals surface area contributed by atoms with Crippen molar-refractivity contribution in [3.63, 3.8) is 0 Å². The summed E-state index contributed by atoms with van der Waals surface area (Å²) < 4.78 is 5.90. The molecule has 3 heteroatoms. The van der Waals surface area contributed by atoms with E-state index in [-0.39, 0.29) is 0 Å². The van der Waals surface area contributed by atoms with Crippen LogP contribution >= 0.6 is 11.3 Å². The van der Waals surface area contributed by atoms with Crippen molar-refractivity contribution in [1.29, 1.82) is 0 Å². The molecule has 1 aromatic heterocycles. The van der Waals surface area contributed by atoms with E-state index in [1.165, 1.54) is 15.3 Å². The van der Waals surface area contributed by atoms with Gasteiger partial charge in [0.15, 0.2) is 0 Å². The summed E-state index contributed by atoms with van der Waals surface area (Å²) in [6.45, 7) is 10.5. The molecule has 0 radical (unpaired) electrons. The fraction of sp³-hybridized carbons (Fsp3) is 0.714. The van der Waals surface area contributed by atoms with E-state index in [0.717, 1.165) is 19.6 Å². The molecule has 1 atom stereocenters. The summed E-state index contributed by atoms with van der Waals surface area (Å²) in [5.74, 6) is 0.702. The van der Waals surface area contributed by atoms with Crippen molar-refractivity contribution >= 4 is 11.3 Å². The van der Waals surface area contributed by atoms with Gasteiger partial charge in [-0.15, -0.1) is 11.3 Å². The zero-order valence-corrected chi connectivity index (χ0v) is 12.5. The molecule has 0 spiro atoms. The molecule has 2 nitrogen and oxygen atoms in total. The fourth-order valence-electron chi connectivity index (χ4n) is 1.96. The van der Waals surface area contributed by atoms with Crippen LogP contribution in [-0.2, 0) is 17.9 Å². The van der Waals surface area contributed by atoms with E-state index in [4.69, 9.17) is 4.74 Å². The number of ether oxygens (including phenoxy) is 1. The van der Waals surface area contributed by atoms with Gasteiger partial charge in [-0.05, 0) is 44.9 Å². The second kappa shape index (κ2) is 7.14. The Morgan fingerprint density at radius 3 is 2.65 bits per heavy atom. The van der Waals surface area contributed by atoms with E-state index in [0.29, 0.717) is 12.0 Å². The summed E-state index contributed by atoms with van der Waals surface area (Å²) in [4.78, 5) is 2.77. The predicted octanol–water partition coefficient (Wildman–Crippen LogP) is 3.73. The average molecular weight is 255 g/mol.